The van der Waals surface area contributed by atoms with Gasteiger partial charge in [-0.15, -0.1) is 0 Å². The maximum Gasteiger partial charge on any atom is 0.263 e. The maximum atomic E-state index is 12.8. The number of hydrogen-bond acceptors (Lipinski definition) is 3. The zero-order chi connectivity index (χ0) is 17.0. The molecule has 0 unspecified atom stereocenters. The lowest BCUT2D eigenvalue weighted by molar-refractivity contribution is 0.0704. The van der Waals surface area contributed by atoms with Crippen molar-refractivity contribution in [1.29, 1.82) is 0 Å². The van der Waals surface area contributed by atoms with E-state index in [1.807, 2.05) is 43.3 Å². The van der Waals surface area contributed by atoms with Gasteiger partial charge in [-0.1, -0.05) is 30.3 Å². The fourth-order valence-electron chi connectivity index (χ4n) is 2.57. The topological polar surface area (TPSA) is 62.5 Å². The van der Waals surface area contributed by atoms with Crippen molar-refractivity contribution in [3.63, 3.8) is 0 Å². The number of carbonyl (C=O) groups is 1. The van der Waals surface area contributed by atoms with Crippen LogP contribution in [0.4, 0.5) is 0 Å². The third-order valence-electron chi connectivity index (χ3n) is 3.95. The van der Waals surface area contributed by atoms with Crippen molar-refractivity contribution in [3.8, 4) is 0 Å². The molecule has 1 amide bonds. The van der Waals surface area contributed by atoms with E-state index in [0.717, 1.165) is 11.3 Å². The number of carbonyl (C=O) groups excluding carboxylic acids is 1. The number of pyridine rings is 1. The number of rotatable bonds is 5. The maximum absolute atomic E-state index is 12.8. The zero-order valence-corrected chi connectivity index (χ0v) is 13.7. The summed E-state index contributed by atoms with van der Waals surface area (Å²) in [4.78, 5) is 26.8. The van der Waals surface area contributed by atoms with E-state index in [9.17, 15) is 14.7 Å². The number of nitrogens with zero attached hydrogens (tertiary/aromatic N) is 2. The fraction of sp³-hybridized carbons (Fsp3) is 0.333. The first-order valence-corrected chi connectivity index (χ1v) is 7.57. The Kier molecular flexibility index (Phi) is 5.34. The molecule has 0 spiro atoms. The van der Waals surface area contributed by atoms with E-state index in [2.05, 4.69) is 0 Å². The van der Waals surface area contributed by atoms with E-state index in [-0.39, 0.29) is 30.2 Å². The lowest BCUT2D eigenvalue weighted by atomic mass is 10.1. The molecule has 1 N–H and O–H groups in total. The Morgan fingerprint density at radius 3 is 2.48 bits per heavy atom. The summed E-state index contributed by atoms with van der Waals surface area (Å²) in [5.74, 6) is -0.346. The van der Waals surface area contributed by atoms with Crippen molar-refractivity contribution in [2.45, 2.75) is 20.4 Å². The second-order valence-electron chi connectivity index (χ2n) is 5.64. The lowest BCUT2D eigenvalue weighted by Crippen LogP contribution is -2.38. The Morgan fingerprint density at radius 2 is 1.87 bits per heavy atom. The van der Waals surface area contributed by atoms with Crippen LogP contribution in [-0.4, -0.2) is 33.6 Å². The van der Waals surface area contributed by atoms with Crippen LogP contribution in [0.2, 0.25) is 0 Å². The summed E-state index contributed by atoms with van der Waals surface area (Å²) in [6.07, 6.45) is 0. The van der Waals surface area contributed by atoms with Crippen molar-refractivity contribution >= 4 is 5.91 Å². The average Bonchev–Trinajstić information content (AvgIpc) is 2.53. The second kappa shape index (κ2) is 7.24. The Morgan fingerprint density at radius 1 is 1.22 bits per heavy atom. The Bertz CT molecular complexity index is 751. The highest BCUT2D eigenvalue weighted by Crippen LogP contribution is 2.12. The van der Waals surface area contributed by atoms with Gasteiger partial charge in [-0.2, -0.15) is 0 Å². The van der Waals surface area contributed by atoms with Crippen LogP contribution in [-0.2, 0) is 13.6 Å². The van der Waals surface area contributed by atoms with Crippen molar-refractivity contribution in [1.82, 2.24) is 9.47 Å². The number of aryl methyl sites for hydroxylation is 2. The zero-order valence-electron chi connectivity index (χ0n) is 13.7. The number of aliphatic hydroxyl groups is 1. The number of amides is 1. The van der Waals surface area contributed by atoms with Crippen LogP contribution in [0, 0.1) is 13.8 Å². The smallest absolute Gasteiger partial charge is 0.263 e. The molecule has 5 heteroatoms. The summed E-state index contributed by atoms with van der Waals surface area (Å²) in [6.45, 7) is 3.99. The quantitative estimate of drug-likeness (QED) is 0.912. The average molecular weight is 314 g/mol. The van der Waals surface area contributed by atoms with Gasteiger partial charge in [-0.3, -0.25) is 9.59 Å². The van der Waals surface area contributed by atoms with Gasteiger partial charge in [0, 0.05) is 25.8 Å². The van der Waals surface area contributed by atoms with E-state index < -0.39 is 0 Å². The molecule has 0 radical (unpaired) electrons. The van der Waals surface area contributed by atoms with Crippen LogP contribution >= 0.6 is 0 Å². The van der Waals surface area contributed by atoms with Crippen LogP contribution in [0.3, 0.4) is 0 Å². The van der Waals surface area contributed by atoms with Gasteiger partial charge in [0.05, 0.1) is 6.61 Å². The summed E-state index contributed by atoms with van der Waals surface area (Å²) in [5.41, 5.74) is 2.29. The molecule has 0 bridgehead atoms. The summed E-state index contributed by atoms with van der Waals surface area (Å²) >= 11 is 0. The molecule has 1 heterocycles. The van der Waals surface area contributed by atoms with E-state index in [4.69, 9.17) is 0 Å². The molecule has 1 aromatic carbocycles. The van der Waals surface area contributed by atoms with Gasteiger partial charge in [0.2, 0.25) is 0 Å². The molecule has 0 fully saturated rings. The highest BCUT2D eigenvalue weighted by Gasteiger charge is 2.22. The molecule has 5 nitrogen and oxygen atoms in total. The molecule has 23 heavy (non-hydrogen) atoms. The normalized spacial score (nSPS) is 10.6. The van der Waals surface area contributed by atoms with Gasteiger partial charge < -0.3 is 14.6 Å². The number of aliphatic hydroxyl groups excluding tert-OH is 1. The van der Waals surface area contributed by atoms with Gasteiger partial charge in [0.25, 0.3) is 11.5 Å². The summed E-state index contributed by atoms with van der Waals surface area (Å²) in [7, 11) is 1.65. The molecule has 0 atom stereocenters. The van der Waals surface area contributed by atoms with Crippen molar-refractivity contribution in [3.05, 3.63) is 69.1 Å². The molecule has 0 saturated carbocycles. The first-order chi connectivity index (χ1) is 11.0. The molecule has 0 saturated heterocycles. The number of benzene rings is 1. The molecule has 0 aliphatic carbocycles. The van der Waals surface area contributed by atoms with Crippen LogP contribution < -0.4 is 5.56 Å². The van der Waals surface area contributed by atoms with Crippen molar-refractivity contribution < 1.29 is 9.90 Å². The van der Waals surface area contributed by atoms with E-state index in [1.54, 1.807) is 14.0 Å². The van der Waals surface area contributed by atoms with Crippen LogP contribution in [0.25, 0.3) is 0 Å². The fourth-order valence-corrected chi connectivity index (χ4v) is 2.57. The summed E-state index contributed by atoms with van der Waals surface area (Å²) < 4.78 is 1.47. The molecule has 1 aromatic heterocycles. The Labute approximate surface area is 135 Å². The monoisotopic (exact) mass is 314 g/mol. The van der Waals surface area contributed by atoms with Gasteiger partial charge in [0.1, 0.15) is 5.56 Å². The van der Waals surface area contributed by atoms with Crippen LogP contribution in [0.15, 0.2) is 41.2 Å². The molecular formula is C18H22N2O3. The van der Waals surface area contributed by atoms with Crippen LogP contribution in [0.1, 0.15) is 27.2 Å². The van der Waals surface area contributed by atoms with Gasteiger partial charge in [-0.25, -0.2) is 0 Å². The molecule has 0 aliphatic rings. The third-order valence-corrected chi connectivity index (χ3v) is 3.95. The molecule has 2 rings (SSSR count). The van der Waals surface area contributed by atoms with Gasteiger partial charge in [-0.05, 0) is 31.0 Å². The number of aromatic nitrogens is 1. The van der Waals surface area contributed by atoms with Crippen LogP contribution in [0.5, 0.6) is 0 Å². The molecule has 0 aliphatic heterocycles. The highest BCUT2D eigenvalue weighted by atomic mass is 16.3. The van der Waals surface area contributed by atoms with Crippen molar-refractivity contribution in [2.24, 2.45) is 7.05 Å². The minimum Gasteiger partial charge on any atom is -0.395 e. The number of hydrogen-bond donors (Lipinski definition) is 1. The molecule has 2 aromatic rings. The van der Waals surface area contributed by atoms with E-state index in [1.165, 1.54) is 9.47 Å². The highest BCUT2D eigenvalue weighted by molar-refractivity contribution is 5.95. The van der Waals surface area contributed by atoms with Gasteiger partial charge >= 0.3 is 0 Å². The van der Waals surface area contributed by atoms with E-state index in [0.29, 0.717) is 12.1 Å². The SMILES string of the molecule is Cc1cc(C)n(C)c(=O)c1C(=O)N(CCO)Cc1ccccc1. The standard InChI is InChI=1S/C18H22N2O3/c1-13-11-14(2)19(3)17(22)16(13)18(23)20(9-10-21)12-15-7-5-4-6-8-15/h4-8,11,21H,9-10,12H2,1-3H3. The Hall–Kier alpha value is -2.40. The summed E-state index contributed by atoms with van der Waals surface area (Å²) in [6, 6.07) is 11.4. The third kappa shape index (κ3) is 3.68. The van der Waals surface area contributed by atoms with E-state index >= 15 is 0 Å². The predicted octanol–water partition coefficient (Wildman–Crippen LogP) is 1.64. The van der Waals surface area contributed by atoms with Crippen molar-refractivity contribution in [2.75, 3.05) is 13.2 Å². The summed E-state index contributed by atoms with van der Waals surface area (Å²) in [5, 5.41) is 9.27. The van der Waals surface area contributed by atoms with Gasteiger partial charge in [0.15, 0.2) is 0 Å². The molecule has 122 valence electrons. The first kappa shape index (κ1) is 17.0. The Balaban J connectivity index is 2.39. The molecular weight excluding hydrogens is 292 g/mol. The predicted molar refractivity (Wildman–Crippen MR) is 89.4 cm³/mol. The second-order valence-corrected chi connectivity index (χ2v) is 5.64. The minimum absolute atomic E-state index is 0.149. The lowest BCUT2D eigenvalue weighted by Gasteiger charge is -2.23. The largest absolute Gasteiger partial charge is 0.395 e. The minimum atomic E-state index is -0.346. The first-order valence-electron chi connectivity index (χ1n) is 7.57.